The van der Waals surface area contributed by atoms with E-state index in [0.717, 1.165) is 11.4 Å². The van der Waals surface area contributed by atoms with Gasteiger partial charge in [-0.3, -0.25) is 0 Å². The molecule has 0 aliphatic rings. The Balaban J connectivity index is 2.24. The molecule has 15 heavy (non-hydrogen) atoms. The van der Waals surface area contributed by atoms with Gasteiger partial charge in [-0.1, -0.05) is 40.7 Å². The Morgan fingerprint density at radius 1 is 1.13 bits per heavy atom. The molecular weight excluding hydrogens is 206 g/mol. The minimum absolute atomic E-state index is 0.536. The van der Waals surface area contributed by atoms with Gasteiger partial charge in [-0.05, 0) is 19.4 Å². The lowest BCUT2D eigenvalue weighted by molar-refractivity contribution is 1.01. The quantitative estimate of drug-likeness (QED) is 0.843. The van der Waals surface area contributed by atoms with Gasteiger partial charge in [0.05, 0.1) is 0 Å². The first-order chi connectivity index (χ1) is 7.13. The standard InChI is InChI=1S/C11H13N3S/c1-7-3-8(2)5-9(4-7)6-10-13-14-11(12)15-10/h3-5H,6H2,1-2H3,(H2,12,14). The van der Waals surface area contributed by atoms with E-state index in [1.807, 2.05) is 0 Å². The average molecular weight is 219 g/mol. The summed E-state index contributed by atoms with van der Waals surface area (Å²) in [6.45, 7) is 4.20. The Bertz CT molecular complexity index is 456. The first-order valence-corrected chi connectivity index (χ1v) is 5.60. The molecule has 78 valence electrons. The molecule has 0 saturated carbocycles. The molecule has 1 aromatic heterocycles. The molecule has 0 fully saturated rings. The molecule has 2 rings (SSSR count). The lowest BCUT2D eigenvalue weighted by Gasteiger charge is -2.02. The number of anilines is 1. The summed E-state index contributed by atoms with van der Waals surface area (Å²) in [5, 5.41) is 9.32. The van der Waals surface area contributed by atoms with Gasteiger partial charge in [0.25, 0.3) is 0 Å². The normalized spacial score (nSPS) is 10.5. The van der Waals surface area contributed by atoms with Gasteiger partial charge in [0, 0.05) is 6.42 Å². The fraction of sp³-hybridized carbons (Fsp3) is 0.273. The fourth-order valence-corrected chi connectivity index (χ4v) is 2.33. The molecule has 0 amide bonds. The van der Waals surface area contributed by atoms with Gasteiger partial charge in [0.1, 0.15) is 5.01 Å². The summed E-state index contributed by atoms with van der Waals surface area (Å²) in [5.41, 5.74) is 9.36. The van der Waals surface area contributed by atoms with Gasteiger partial charge in [0.2, 0.25) is 5.13 Å². The molecule has 0 saturated heterocycles. The lowest BCUT2D eigenvalue weighted by atomic mass is 10.1. The minimum Gasteiger partial charge on any atom is -0.374 e. The minimum atomic E-state index is 0.536. The number of hydrogen-bond donors (Lipinski definition) is 1. The lowest BCUT2D eigenvalue weighted by Crippen LogP contribution is -1.89. The van der Waals surface area contributed by atoms with Crippen LogP contribution in [0.2, 0.25) is 0 Å². The summed E-state index contributed by atoms with van der Waals surface area (Å²) in [5.74, 6) is 0. The number of hydrogen-bond acceptors (Lipinski definition) is 4. The van der Waals surface area contributed by atoms with E-state index in [2.05, 4.69) is 42.2 Å². The second-order valence-corrected chi connectivity index (χ2v) is 4.80. The maximum absolute atomic E-state index is 5.54. The molecule has 0 unspecified atom stereocenters. The second kappa shape index (κ2) is 3.98. The zero-order valence-corrected chi connectivity index (χ0v) is 9.64. The molecule has 0 bridgehead atoms. The van der Waals surface area contributed by atoms with Crippen molar-refractivity contribution in [2.24, 2.45) is 0 Å². The summed E-state index contributed by atoms with van der Waals surface area (Å²) in [6.07, 6.45) is 0.817. The average Bonchev–Trinajstić information content (AvgIpc) is 2.49. The number of nitrogens with zero attached hydrogens (tertiary/aromatic N) is 2. The Kier molecular flexibility index (Phi) is 2.68. The summed E-state index contributed by atoms with van der Waals surface area (Å²) < 4.78 is 0. The molecule has 3 nitrogen and oxygen atoms in total. The monoisotopic (exact) mass is 219 g/mol. The van der Waals surface area contributed by atoms with E-state index >= 15 is 0 Å². The molecule has 0 radical (unpaired) electrons. The third-order valence-electron chi connectivity index (χ3n) is 2.12. The van der Waals surface area contributed by atoms with Crippen LogP contribution < -0.4 is 5.73 Å². The largest absolute Gasteiger partial charge is 0.374 e. The third-order valence-corrected chi connectivity index (χ3v) is 2.87. The summed E-state index contributed by atoms with van der Waals surface area (Å²) in [6, 6.07) is 6.51. The van der Waals surface area contributed by atoms with Gasteiger partial charge >= 0.3 is 0 Å². The van der Waals surface area contributed by atoms with Crippen LogP contribution >= 0.6 is 11.3 Å². The first kappa shape index (κ1) is 10.1. The highest BCUT2D eigenvalue weighted by atomic mass is 32.1. The highest BCUT2D eigenvalue weighted by Crippen LogP contribution is 2.17. The second-order valence-electron chi connectivity index (χ2n) is 3.71. The van der Waals surface area contributed by atoms with Crippen molar-refractivity contribution in [3.63, 3.8) is 0 Å². The van der Waals surface area contributed by atoms with Gasteiger partial charge in [0.15, 0.2) is 0 Å². The van der Waals surface area contributed by atoms with Crippen LogP contribution in [0.4, 0.5) is 5.13 Å². The number of aromatic nitrogens is 2. The van der Waals surface area contributed by atoms with E-state index in [9.17, 15) is 0 Å². The molecule has 0 aliphatic carbocycles. The molecule has 0 aliphatic heterocycles. The van der Waals surface area contributed by atoms with E-state index < -0.39 is 0 Å². The maximum Gasteiger partial charge on any atom is 0.203 e. The first-order valence-electron chi connectivity index (χ1n) is 4.78. The number of nitrogen functional groups attached to an aromatic ring is 1. The van der Waals surface area contributed by atoms with Gasteiger partial charge in [-0.2, -0.15) is 0 Å². The van der Waals surface area contributed by atoms with Crippen LogP contribution in [-0.2, 0) is 6.42 Å². The third kappa shape index (κ3) is 2.53. The van der Waals surface area contributed by atoms with Crippen molar-refractivity contribution in [1.82, 2.24) is 10.2 Å². The van der Waals surface area contributed by atoms with E-state index in [1.165, 1.54) is 28.0 Å². The van der Waals surface area contributed by atoms with Crippen LogP contribution in [0.15, 0.2) is 18.2 Å². The van der Waals surface area contributed by atoms with Gasteiger partial charge in [-0.15, -0.1) is 10.2 Å². The molecular formula is C11H13N3S. The number of nitrogens with two attached hydrogens (primary N) is 1. The summed E-state index contributed by atoms with van der Waals surface area (Å²) in [7, 11) is 0. The van der Waals surface area contributed by atoms with Crippen LogP contribution in [-0.4, -0.2) is 10.2 Å². The predicted molar refractivity (Wildman–Crippen MR) is 63.0 cm³/mol. The van der Waals surface area contributed by atoms with Crippen molar-refractivity contribution in [3.8, 4) is 0 Å². The Labute approximate surface area is 93.0 Å². The molecule has 0 spiro atoms. The molecule has 4 heteroatoms. The van der Waals surface area contributed by atoms with Crippen LogP contribution in [0.25, 0.3) is 0 Å². The zero-order chi connectivity index (χ0) is 10.8. The molecule has 2 aromatic rings. The topological polar surface area (TPSA) is 51.8 Å². The van der Waals surface area contributed by atoms with Crippen molar-refractivity contribution < 1.29 is 0 Å². The number of rotatable bonds is 2. The maximum atomic E-state index is 5.54. The molecule has 1 aromatic carbocycles. The molecule has 2 N–H and O–H groups in total. The molecule has 1 heterocycles. The molecule has 0 atom stereocenters. The van der Waals surface area contributed by atoms with Crippen LogP contribution in [0.1, 0.15) is 21.7 Å². The zero-order valence-electron chi connectivity index (χ0n) is 8.82. The van der Waals surface area contributed by atoms with E-state index in [4.69, 9.17) is 5.73 Å². The predicted octanol–water partition coefficient (Wildman–Crippen LogP) is 2.33. The van der Waals surface area contributed by atoms with Crippen molar-refractivity contribution in [2.75, 3.05) is 5.73 Å². The van der Waals surface area contributed by atoms with Crippen molar-refractivity contribution in [2.45, 2.75) is 20.3 Å². The van der Waals surface area contributed by atoms with Crippen molar-refractivity contribution in [3.05, 3.63) is 39.9 Å². The Morgan fingerprint density at radius 2 is 1.80 bits per heavy atom. The highest BCUT2D eigenvalue weighted by Gasteiger charge is 2.03. The van der Waals surface area contributed by atoms with E-state index in [1.54, 1.807) is 0 Å². The smallest absolute Gasteiger partial charge is 0.203 e. The number of aryl methyl sites for hydroxylation is 2. The van der Waals surface area contributed by atoms with Gasteiger partial charge < -0.3 is 5.73 Å². The Morgan fingerprint density at radius 3 is 2.33 bits per heavy atom. The van der Waals surface area contributed by atoms with Crippen molar-refractivity contribution in [1.29, 1.82) is 0 Å². The Hall–Kier alpha value is -1.42. The SMILES string of the molecule is Cc1cc(C)cc(Cc2nnc(N)s2)c1. The number of benzene rings is 1. The van der Waals surface area contributed by atoms with E-state index in [-0.39, 0.29) is 0 Å². The van der Waals surface area contributed by atoms with E-state index in [0.29, 0.717) is 5.13 Å². The summed E-state index contributed by atoms with van der Waals surface area (Å²) in [4.78, 5) is 0. The van der Waals surface area contributed by atoms with Gasteiger partial charge in [-0.25, -0.2) is 0 Å². The van der Waals surface area contributed by atoms with Crippen molar-refractivity contribution >= 4 is 16.5 Å². The van der Waals surface area contributed by atoms with Crippen LogP contribution in [0.3, 0.4) is 0 Å². The summed E-state index contributed by atoms with van der Waals surface area (Å²) >= 11 is 1.45. The fourth-order valence-electron chi connectivity index (χ4n) is 1.68. The van der Waals surface area contributed by atoms with Crippen LogP contribution in [0.5, 0.6) is 0 Å². The highest BCUT2D eigenvalue weighted by molar-refractivity contribution is 7.15. The van der Waals surface area contributed by atoms with Crippen LogP contribution in [0, 0.1) is 13.8 Å².